The highest BCUT2D eigenvalue weighted by molar-refractivity contribution is 7.89. The van der Waals surface area contributed by atoms with Crippen LogP contribution in [0.5, 0.6) is 0 Å². The predicted octanol–water partition coefficient (Wildman–Crippen LogP) is 1.23. The fourth-order valence-electron chi connectivity index (χ4n) is 4.12. The number of amides is 2. The van der Waals surface area contributed by atoms with E-state index in [0.717, 1.165) is 19.2 Å². The van der Waals surface area contributed by atoms with Gasteiger partial charge in [0, 0.05) is 17.7 Å². The summed E-state index contributed by atoms with van der Waals surface area (Å²) >= 11 is 0. The summed E-state index contributed by atoms with van der Waals surface area (Å²) in [5, 5.41) is 1.79. The summed E-state index contributed by atoms with van der Waals surface area (Å²) in [5.41, 5.74) is -4.73. The van der Waals surface area contributed by atoms with E-state index in [4.69, 9.17) is 0 Å². The molecule has 0 aliphatic carbocycles. The summed E-state index contributed by atoms with van der Waals surface area (Å²) in [4.78, 5) is 37.3. The molecule has 174 valence electrons. The zero-order valence-corrected chi connectivity index (χ0v) is 17.1. The molecule has 2 aromatic carbocycles. The van der Waals surface area contributed by atoms with Gasteiger partial charge in [0.1, 0.15) is 0 Å². The lowest BCUT2D eigenvalue weighted by Crippen LogP contribution is -2.54. The van der Waals surface area contributed by atoms with Crippen LogP contribution in [-0.2, 0) is 41.2 Å². The molecule has 2 aliphatic heterocycles. The number of sulfonamides is 1. The summed E-state index contributed by atoms with van der Waals surface area (Å²) in [5.74, 6) is -18.0. The number of hydrogen-bond donors (Lipinski definition) is 1. The topological polar surface area (TPSA) is 110 Å². The fourth-order valence-corrected chi connectivity index (χ4v) is 6.08. The molecule has 0 saturated carbocycles. The number of ether oxygens (including phenoxy) is 1. The maximum Gasteiger partial charge on any atom is 0.321 e. The summed E-state index contributed by atoms with van der Waals surface area (Å²) in [7, 11) is -4.05. The quantitative estimate of drug-likeness (QED) is 0.173. The number of nitrogens with zero attached hydrogens (tertiary/aromatic N) is 1. The molecule has 1 saturated heterocycles. The first kappa shape index (κ1) is 22.8. The predicted molar refractivity (Wildman–Crippen MR) is 95.7 cm³/mol. The monoisotopic (exact) mass is 490 g/mol. The number of benzene rings is 2. The van der Waals surface area contributed by atoms with Gasteiger partial charge in [0.15, 0.2) is 34.7 Å². The van der Waals surface area contributed by atoms with E-state index < -0.39 is 90.9 Å². The Hall–Kier alpha value is -3.39. The maximum atomic E-state index is 14.4. The molecular formula is C19H11F5N2O6S. The van der Waals surface area contributed by atoms with E-state index in [1.165, 1.54) is 12.1 Å². The molecule has 2 aliphatic rings. The van der Waals surface area contributed by atoms with E-state index in [2.05, 4.69) is 4.74 Å². The molecule has 14 heteroatoms. The molecule has 2 atom stereocenters. The highest BCUT2D eigenvalue weighted by Crippen LogP contribution is 2.52. The number of fused-ring (bicyclic) bond motifs is 2. The van der Waals surface area contributed by atoms with Gasteiger partial charge in [-0.25, -0.2) is 30.4 Å². The lowest BCUT2D eigenvalue weighted by Gasteiger charge is -2.34. The van der Waals surface area contributed by atoms with Crippen LogP contribution in [0.25, 0.3) is 0 Å². The van der Waals surface area contributed by atoms with Gasteiger partial charge < -0.3 is 4.74 Å². The van der Waals surface area contributed by atoms with Gasteiger partial charge >= 0.3 is 5.97 Å². The Morgan fingerprint density at radius 3 is 2.15 bits per heavy atom. The van der Waals surface area contributed by atoms with E-state index in [-0.39, 0.29) is 4.31 Å². The first-order valence-electron chi connectivity index (χ1n) is 8.98. The average molecular weight is 490 g/mol. The fraction of sp³-hybridized carbons (Fsp3) is 0.211. The Labute approximate surface area is 182 Å². The minimum Gasteiger partial charge on any atom is -0.468 e. The highest BCUT2D eigenvalue weighted by Gasteiger charge is 2.70. The second-order valence-electron chi connectivity index (χ2n) is 7.10. The van der Waals surface area contributed by atoms with Crippen molar-refractivity contribution >= 4 is 27.8 Å². The molecular weight excluding hydrogens is 479 g/mol. The maximum absolute atomic E-state index is 14.4. The third-order valence-electron chi connectivity index (χ3n) is 5.56. The lowest BCUT2D eigenvalue weighted by atomic mass is 9.79. The summed E-state index contributed by atoms with van der Waals surface area (Å²) in [6, 6.07) is 4.57. The Bertz CT molecular complexity index is 1340. The number of carbonyl (C=O) groups is 3. The summed E-state index contributed by atoms with van der Waals surface area (Å²) in [6.07, 6.45) is 0. The second-order valence-corrected chi connectivity index (χ2v) is 8.93. The van der Waals surface area contributed by atoms with Crippen LogP contribution in [0, 0.1) is 35.0 Å². The van der Waals surface area contributed by atoms with Crippen molar-refractivity contribution in [1.29, 1.82) is 0 Å². The van der Waals surface area contributed by atoms with Crippen LogP contribution in [0.2, 0.25) is 0 Å². The summed E-state index contributed by atoms with van der Waals surface area (Å²) in [6.45, 7) is -1.57. The number of esters is 1. The largest absolute Gasteiger partial charge is 0.468 e. The van der Waals surface area contributed by atoms with Crippen molar-refractivity contribution in [2.45, 2.75) is 17.0 Å². The number of methoxy groups -OCH3 is 1. The minimum absolute atomic E-state index is 0.0742. The van der Waals surface area contributed by atoms with Crippen LogP contribution >= 0.6 is 0 Å². The van der Waals surface area contributed by atoms with Crippen LogP contribution in [-0.4, -0.2) is 37.6 Å². The molecule has 1 N–H and O–H groups in total. The van der Waals surface area contributed by atoms with Crippen LogP contribution < -0.4 is 5.32 Å². The zero-order chi connectivity index (χ0) is 24.5. The van der Waals surface area contributed by atoms with Gasteiger partial charge in [-0.1, -0.05) is 18.2 Å². The molecule has 2 unspecified atom stereocenters. The Morgan fingerprint density at radius 1 is 1.03 bits per heavy atom. The van der Waals surface area contributed by atoms with Crippen molar-refractivity contribution in [3.63, 3.8) is 0 Å². The number of carbonyl (C=O) groups excluding carboxylic acids is 3. The van der Waals surface area contributed by atoms with Crippen LogP contribution in [0.1, 0.15) is 11.1 Å². The molecule has 2 aromatic rings. The molecule has 0 bridgehead atoms. The van der Waals surface area contributed by atoms with Crippen LogP contribution in [0.15, 0.2) is 29.2 Å². The Morgan fingerprint density at radius 2 is 1.58 bits per heavy atom. The average Bonchev–Trinajstić information content (AvgIpc) is 3.16. The van der Waals surface area contributed by atoms with E-state index in [9.17, 15) is 44.8 Å². The molecule has 1 fully saturated rings. The molecule has 8 nitrogen and oxygen atoms in total. The van der Waals surface area contributed by atoms with Gasteiger partial charge in [-0.2, -0.15) is 4.31 Å². The molecule has 0 radical (unpaired) electrons. The van der Waals surface area contributed by atoms with Crippen molar-refractivity contribution < 1.29 is 49.5 Å². The first-order chi connectivity index (χ1) is 15.4. The van der Waals surface area contributed by atoms with Crippen molar-refractivity contribution in [1.82, 2.24) is 9.62 Å². The van der Waals surface area contributed by atoms with Gasteiger partial charge in [0.05, 0.1) is 12.0 Å². The van der Waals surface area contributed by atoms with Crippen molar-refractivity contribution in [2.24, 2.45) is 5.92 Å². The number of rotatable bonds is 3. The Balaban J connectivity index is 2.05. The smallest absolute Gasteiger partial charge is 0.321 e. The third kappa shape index (κ3) is 2.76. The number of imide groups is 1. The molecule has 2 amide bonds. The van der Waals surface area contributed by atoms with E-state index >= 15 is 0 Å². The van der Waals surface area contributed by atoms with Gasteiger partial charge in [-0.3, -0.25) is 19.7 Å². The number of hydrogen-bond acceptors (Lipinski definition) is 6. The van der Waals surface area contributed by atoms with E-state index in [0.29, 0.717) is 0 Å². The molecule has 33 heavy (non-hydrogen) atoms. The SMILES string of the molecule is COC(=O)C1C(=O)NC(=O)C12c1ccccc1S(=O)(=O)N2Cc1c(F)c(F)c(F)c(F)c1F. The highest BCUT2D eigenvalue weighted by atomic mass is 32.2. The van der Waals surface area contributed by atoms with E-state index in [1.807, 2.05) is 0 Å². The normalized spacial score (nSPS) is 23.6. The third-order valence-corrected chi connectivity index (χ3v) is 7.47. The summed E-state index contributed by atoms with van der Waals surface area (Å²) < 4.78 is 101. The second kappa shape index (κ2) is 7.31. The van der Waals surface area contributed by atoms with Crippen molar-refractivity contribution in [2.75, 3.05) is 7.11 Å². The van der Waals surface area contributed by atoms with Gasteiger partial charge in [0.2, 0.25) is 21.7 Å². The Kier molecular flexibility index (Phi) is 5.05. The zero-order valence-electron chi connectivity index (χ0n) is 16.3. The van der Waals surface area contributed by atoms with Gasteiger partial charge in [-0.05, 0) is 6.07 Å². The standard InChI is InChI=1S/C19H11F5N2O6S/c1-32-17(28)10-16(27)25-18(29)19(10)8-4-2-3-5-9(8)33(30,31)26(19)6-7-11(20)13(22)15(24)14(23)12(7)21/h2-5,10H,6H2,1H3,(H,25,27,29). The number of halogens is 5. The van der Waals surface area contributed by atoms with Crippen LogP contribution in [0.4, 0.5) is 22.0 Å². The molecule has 0 aromatic heterocycles. The van der Waals surface area contributed by atoms with Gasteiger partial charge in [-0.15, -0.1) is 0 Å². The van der Waals surface area contributed by atoms with Crippen molar-refractivity contribution in [3.8, 4) is 0 Å². The van der Waals surface area contributed by atoms with Crippen LogP contribution in [0.3, 0.4) is 0 Å². The molecule has 4 rings (SSSR count). The lowest BCUT2D eigenvalue weighted by molar-refractivity contribution is -0.154. The number of nitrogens with one attached hydrogen (secondary N) is 1. The van der Waals surface area contributed by atoms with Crippen molar-refractivity contribution in [3.05, 3.63) is 64.5 Å². The minimum atomic E-state index is -4.90. The molecule has 1 spiro atoms. The molecule has 2 heterocycles. The van der Waals surface area contributed by atoms with E-state index in [1.54, 1.807) is 5.32 Å². The van der Waals surface area contributed by atoms with Gasteiger partial charge in [0.25, 0.3) is 5.91 Å². The first-order valence-corrected chi connectivity index (χ1v) is 10.4.